The summed E-state index contributed by atoms with van der Waals surface area (Å²) in [5.41, 5.74) is 0.246. The Morgan fingerprint density at radius 2 is 2.27 bits per heavy atom. The van der Waals surface area contributed by atoms with Crippen LogP contribution in [0.3, 0.4) is 0 Å². The van der Waals surface area contributed by atoms with Gasteiger partial charge in [0, 0.05) is 18.3 Å². The Hall–Kier alpha value is -1.70. The molecule has 0 aliphatic carbocycles. The van der Waals surface area contributed by atoms with E-state index in [1.165, 1.54) is 0 Å². The lowest BCUT2D eigenvalue weighted by molar-refractivity contribution is 0.0635. The Balaban J connectivity index is 1.96. The Labute approximate surface area is 130 Å². The SMILES string of the molecule is CC(C)(C)OC(=O)Nc1ncccc1CN[C@@H]1COC[C@H]1O. The van der Waals surface area contributed by atoms with Gasteiger partial charge in [0.2, 0.25) is 0 Å². The Morgan fingerprint density at radius 1 is 1.50 bits per heavy atom. The van der Waals surface area contributed by atoms with Gasteiger partial charge in [-0.3, -0.25) is 5.32 Å². The molecule has 122 valence electrons. The monoisotopic (exact) mass is 309 g/mol. The highest BCUT2D eigenvalue weighted by Crippen LogP contribution is 2.15. The first-order valence-corrected chi connectivity index (χ1v) is 7.28. The van der Waals surface area contributed by atoms with Crippen molar-refractivity contribution in [1.29, 1.82) is 0 Å². The first-order chi connectivity index (χ1) is 10.3. The van der Waals surface area contributed by atoms with E-state index in [1.54, 1.807) is 33.0 Å². The second-order valence-corrected chi connectivity index (χ2v) is 6.23. The minimum atomic E-state index is -0.567. The molecule has 2 atom stereocenters. The van der Waals surface area contributed by atoms with Crippen LogP contribution in [0.15, 0.2) is 18.3 Å². The molecule has 1 saturated heterocycles. The quantitative estimate of drug-likeness (QED) is 0.776. The number of ether oxygens (including phenoxy) is 2. The molecule has 1 fully saturated rings. The highest BCUT2D eigenvalue weighted by atomic mass is 16.6. The molecule has 1 amide bonds. The summed E-state index contributed by atoms with van der Waals surface area (Å²) in [7, 11) is 0. The van der Waals surface area contributed by atoms with E-state index in [0.29, 0.717) is 25.6 Å². The predicted octanol–water partition coefficient (Wildman–Crippen LogP) is 1.28. The molecule has 1 aliphatic rings. The number of carbonyl (C=O) groups is 1. The number of rotatable bonds is 4. The standard InChI is InChI=1S/C15H23N3O4/c1-15(2,3)22-14(20)18-13-10(5-4-6-16-13)7-17-11-8-21-9-12(11)19/h4-6,11-12,17,19H,7-9H2,1-3H3,(H,16,18,20)/t11-,12-/m1/s1. The largest absolute Gasteiger partial charge is 0.444 e. The summed E-state index contributed by atoms with van der Waals surface area (Å²) in [4.78, 5) is 16.0. The number of anilines is 1. The van der Waals surface area contributed by atoms with Gasteiger partial charge in [-0.05, 0) is 26.8 Å². The van der Waals surface area contributed by atoms with E-state index >= 15 is 0 Å². The maximum absolute atomic E-state index is 11.8. The van der Waals surface area contributed by atoms with Crippen LogP contribution >= 0.6 is 0 Å². The molecule has 0 radical (unpaired) electrons. The summed E-state index contributed by atoms with van der Waals surface area (Å²) in [6.07, 6.45) is 0.541. The number of amides is 1. The minimum absolute atomic E-state index is 0.116. The van der Waals surface area contributed by atoms with Gasteiger partial charge in [0.25, 0.3) is 0 Å². The summed E-state index contributed by atoms with van der Waals surface area (Å²) in [5.74, 6) is 0.442. The van der Waals surface area contributed by atoms with Crippen LogP contribution in [0.1, 0.15) is 26.3 Å². The van der Waals surface area contributed by atoms with Gasteiger partial charge in [0.1, 0.15) is 11.4 Å². The van der Waals surface area contributed by atoms with Gasteiger partial charge in [-0.1, -0.05) is 6.07 Å². The first kappa shape index (κ1) is 16.7. The van der Waals surface area contributed by atoms with Crippen molar-refractivity contribution in [1.82, 2.24) is 10.3 Å². The topological polar surface area (TPSA) is 92.7 Å². The molecule has 2 rings (SSSR count). The Morgan fingerprint density at radius 3 is 2.91 bits per heavy atom. The second kappa shape index (κ2) is 7.04. The van der Waals surface area contributed by atoms with E-state index in [2.05, 4.69) is 15.6 Å². The third-order valence-electron chi connectivity index (χ3n) is 3.12. The fraction of sp³-hybridized carbons (Fsp3) is 0.600. The fourth-order valence-corrected chi connectivity index (χ4v) is 2.07. The predicted molar refractivity (Wildman–Crippen MR) is 81.5 cm³/mol. The number of hydrogen-bond acceptors (Lipinski definition) is 6. The van der Waals surface area contributed by atoms with Crippen LogP contribution in [0.2, 0.25) is 0 Å². The molecule has 0 spiro atoms. The number of aliphatic hydroxyl groups is 1. The number of nitrogens with zero attached hydrogens (tertiary/aromatic N) is 1. The van der Waals surface area contributed by atoms with Gasteiger partial charge in [-0.15, -0.1) is 0 Å². The van der Waals surface area contributed by atoms with Gasteiger partial charge >= 0.3 is 6.09 Å². The zero-order valence-corrected chi connectivity index (χ0v) is 13.1. The lowest BCUT2D eigenvalue weighted by Crippen LogP contribution is -2.38. The number of aromatic nitrogens is 1. The summed E-state index contributed by atoms with van der Waals surface area (Å²) in [5, 5.41) is 15.6. The van der Waals surface area contributed by atoms with Crippen LogP contribution in [-0.4, -0.2) is 47.1 Å². The van der Waals surface area contributed by atoms with E-state index < -0.39 is 17.8 Å². The van der Waals surface area contributed by atoms with Crippen molar-refractivity contribution in [3.8, 4) is 0 Å². The minimum Gasteiger partial charge on any atom is -0.444 e. The van der Waals surface area contributed by atoms with E-state index in [0.717, 1.165) is 5.56 Å². The van der Waals surface area contributed by atoms with E-state index in [1.807, 2.05) is 6.07 Å². The second-order valence-electron chi connectivity index (χ2n) is 6.23. The van der Waals surface area contributed by atoms with Gasteiger partial charge in [0.15, 0.2) is 0 Å². The smallest absolute Gasteiger partial charge is 0.413 e. The average molecular weight is 309 g/mol. The molecule has 2 heterocycles. The zero-order valence-electron chi connectivity index (χ0n) is 13.1. The van der Waals surface area contributed by atoms with Crippen molar-refractivity contribution in [3.63, 3.8) is 0 Å². The molecule has 0 unspecified atom stereocenters. The highest BCUT2D eigenvalue weighted by Gasteiger charge is 2.25. The molecule has 1 aromatic heterocycles. The van der Waals surface area contributed by atoms with Crippen LogP contribution in [0, 0.1) is 0 Å². The van der Waals surface area contributed by atoms with Crippen LogP contribution in [0.25, 0.3) is 0 Å². The molecule has 22 heavy (non-hydrogen) atoms. The molecule has 0 bridgehead atoms. The average Bonchev–Trinajstić information content (AvgIpc) is 2.81. The van der Waals surface area contributed by atoms with E-state index in [9.17, 15) is 9.90 Å². The maximum Gasteiger partial charge on any atom is 0.413 e. The van der Waals surface area contributed by atoms with E-state index in [-0.39, 0.29) is 6.04 Å². The molecular weight excluding hydrogens is 286 g/mol. The third kappa shape index (κ3) is 4.94. The highest BCUT2D eigenvalue weighted by molar-refractivity contribution is 5.84. The van der Waals surface area contributed by atoms with Crippen molar-refractivity contribution >= 4 is 11.9 Å². The number of carbonyl (C=O) groups excluding carboxylic acids is 1. The van der Waals surface area contributed by atoms with E-state index in [4.69, 9.17) is 9.47 Å². The molecule has 7 heteroatoms. The Kier molecular flexibility index (Phi) is 5.33. The molecule has 1 aromatic rings. The molecular formula is C15H23N3O4. The zero-order chi connectivity index (χ0) is 16.2. The molecule has 3 N–H and O–H groups in total. The molecule has 0 saturated carbocycles. The number of pyridine rings is 1. The number of nitrogens with one attached hydrogen (secondary N) is 2. The van der Waals surface area contributed by atoms with Gasteiger partial charge in [-0.2, -0.15) is 0 Å². The van der Waals surface area contributed by atoms with Gasteiger partial charge < -0.3 is 19.9 Å². The van der Waals surface area contributed by atoms with Crippen molar-refractivity contribution < 1.29 is 19.4 Å². The summed E-state index contributed by atoms with van der Waals surface area (Å²) in [6, 6.07) is 3.53. The summed E-state index contributed by atoms with van der Waals surface area (Å²) < 4.78 is 10.4. The molecule has 7 nitrogen and oxygen atoms in total. The van der Waals surface area contributed by atoms with Gasteiger partial charge in [-0.25, -0.2) is 9.78 Å². The normalized spacial score (nSPS) is 21.6. The third-order valence-corrected chi connectivity index (χ3v) is 3.12. The first-order valence-electron chi connectivity index (χ1n) is 7.28. The van der Waals surface area contributed by atoms with Crippen LogP contribution in [0.5, 0.6) is 0 Å². The van der Waals surface area contributed by atoms with Crippen molar-refractivity contribution in [2.24, 2.45) is 0 Å². The van der Waals surface area contributed by atoms with Crippen LogP contribution in [-0.2, 0) is 16.0 Å². The Bertz CT molecular complexity index is 516. The summed E-state index contributed by atoms with van der Waals surface area (Å²) >= 11 is 0. The lowest BCUT2D eigenvalue weighted by Gasteiger charge is -2.20. The fourth-order valence-electron chi connectivity index (χ4n) is 2.07. The van der Waals surface area contributed by atoms with Crippen LogP contribution in [0.4, 0.5) is 10.6 Å². The van der Waals surface area contributed by atoms with Gasteiger partial charge in [0.05, 0.1) is 25.4 Å². The number of hydrogen-bond donors (Lipinski definition) is 3. The van der Waals surface area contributed by atoms with Crippen molar-refractivity contribution in [2.45, 2.75) is 45.1 Å². The molecule has 1 aliphatic heterocycles. The van der Waals surface area contributed by atoms with Crippen molar-refractivity contribution in [2.75, 3.05) is 18.5 Å². The maximum atomic E-state index is 11.8. The van der Waals surface area contributed by atoms with Crippen molar-refractivity contribution in [3.05, 3.63) is 23.9 Å². The lowest BCUT2D eigenvalue weighted by atomic mass is 10.2. The molecule has 0 aromatic carbocycles. The summed E-state index contributed by atoms with van der Waals surface area (Å²) in [6.45, 7) is 6.67. The number of aliphatic hydroxyl groups excluding tert-OH is 1. The van der Waals surface area contributed by atoms with Crippen LogP contribution < -0.4 is 10.6 Å².